The van der Waals surface area contributed by atoms with Gasteiger partial charge in [0.05, 0.1) is 12.7 Å². The van der Waals surface area contributed by atoms with Crippen molar-refractivity contribution in [3.8, 4) is 0 Å². The van der Waals surface area contributed by atoms with E-state index >= 15 is 0 Å². The molecule has 0 radical (unpaired) electrons. The predicted octanol–water partition coefficient (Wildman–Crippen LogP) is 2.68. The second-order valence-corrected chi connectivity index (χ2v) is 5.45. The lowest BCUT2D eigenvalue weighted by atomic mass is 10.0. The van der Waals surface area contributed by atoms with E-state index in [2.05, 4.69) is 21.2 Å². The van der Waals surface area contributed by atoms with Gasteiger partial charge in [-0.2, -0.15) is 0 Å². The molecule has 0 aliphatic carbocycles. The lowest BCUT2D eigenvalue weighted by Crippen LogP contribution is -2.45. The smallest absolute Gasteiger partial charge is 0.328 e. The summed E-state index contributed by atoms with van der Waals surface area (Å²) < 4.78 is 5.43. The van der Waals surface area contributed by atoms with Gasteiger partial charge in [-0.05, 0) is 40.4 Å². The number of hydrogen-bond donors (Lipinski definition) is 1. The SMILES string of the molecule is COC(=O)C(NC(=O)c1cccc(C)c1Br)C(C)C. The predicted molar refractivity (Wildman–Crippen MR) is 77.0 cm³/mol. The van der Waals surface area contributed by atoms with E-state index in [4.69, 9.17) is 4.74 Å². The van der Waals surface area contributed by atoms with Crippen molar-refractivity contribution in [3.05, 3.63) is 33.8 Å². The van der Waals surface area contributed by atoms with Gasteiger partial charge in [-0.3, -0.25) is 4.79 Å². The van der Waals surface area contributed by atoms with Crippen molar-refractivity contribution in [1.29, 1.82) is 0 Å². The van der Waals surface area contributed by atoms with Crippen LogP contribution in [0, 0.1) is 12.8 Å². The number of hydrogen-bond acceptors (Lipinski definition) is 3. The standard InChI is InChI=1S/C14H18BrNO3/c1-8(2)12(14(18)19-4)16-13(17)10-7-5-6-9(3)11(10)15/h5-8,12H,1-4H3,(H,16,17). The molecule has 0 aliphatic heterocycles. The maximum absolute atomic E-state index is 12.2. The van der Waals surface area contributed by atoms with Crippen LogP contribution in [0.25, 0.3) is 0 Å². The average Bonchev–Trinajstić information content (AvgIpc) is 2.37. The molecule has 19 heavy (non-hydrogen) atoms. The number of methoxy groups -OCH3 is 1. The Bertz CT molecular complexity index is 486. The third-order valence-corrected chi connectivity index (χ3v) is 3.90. The second-order valence-electron chi connectivity index (χ2n) is 4.65. The van der Waals surface area contributed by atoms with Crippen molar-refractivity contribution in [3.63, 3.8) is 0 Å². The zero-order valence-corrected chi connectivity index (χ0v) is 13.1. The van der Waals surface area contributed by atoms with E-state index in [9.17, 15) is 9.59 Å². The van der Waals surface area contributed by atoms with Crippen molar-refractivity contribution < 1.29 is 14.3 Å². The zero-order chi connectivity index (χ0) is 14.6. The van der Waals surface area contributed by atoms with Crippen molar-refractivity contribution in [2.24, 2.45) is 5.92 Å². The molecule has 5 heteroatoms. The lowest BCUT2D eigenvalue weighted by Gasteiger charge is -2.20. The molecule has 1 rings (SSSR count). The van der Waals surface area contributed by atoms with Gasteiger partial charge in [-0.1, -0.05) is 26.0 Å². The summed E-state index contributed by atoms with van der Waals surface area (Å²) in [6, 6.07) is 4.77. The number of amides is 1. The summed E-state index contributed by atoms with van der Waals surface area (Å²) in [5.74, 6) is -0.771. The van der Waals surface area contributed by atoms with E-state index < -0.39 is 12.0 Å². The number of benzene rings is 1. The minimum absolute atomic E-state index is 0.0417. The average molecular weight is 328 g/mol. The minimum atomic E-state index is -0.648. The number of ether oxygens (including phenoxy) is 1. The van der Waals surface area contributed by atoms with E-state index in [1.165, 1.54) is 7.11 Å². The lowest BCUT2D eigenvalue weighted by molar-refractivity contribution is -0.144. The van der Waals surface area contributed by atoms with Crippen molar-refractivity contribution in [2.45, 2.75) is 26.8 Å². The van der Waals surface area contributed by atoms with Crippen LogP contribution in [0.4, 0.5) is 0 Å². The van der Waals surface area contributed by atoms with E-state index in [0.29, 0.717) is 5.56 Å². The van der Waals surface area contributed by atoms with Crippen molar-refractivity contribution in [1.82, 2.24) is 5.32 Å². The van der Waals surface area contributed by atoms with Crippen LogP contribution in [0.3, 0.4) is 0 Å². The van der Waals surface area contributed by atoms with Gasteiger partial charge in [0, 0.05) is 4.47 Å². The van der Waals surface area contributed by atoms with Crippen LogP contribution in [0.2, 0.25) is 0 Å². The molecule has 1 aromatic rings. The topological polar surface area (TPSA) is 55.4 Å². The Morgan fingerprint density at radius 2 is 1.95 bits per heavy atom. The molecule has 0 spiro atoms. The molecule has 0 saturated carbocycles. The zero-order valence-electron chi connectivity index (χ0n) is 11.5. The first-order valence-electron chi connectivity index (χ1n) is 6.02. The normalized spacial score (nSPS) is 12.1. The van der Waals surface area contributed by atoms with Gasteiger partial charge in [0.15, 0.2) is 0 Å². The van der Waals surface area contributed by atoms with E-state index in [1.54, 1.807) is 12.1 Å². The second kappa shape index (κ2) is 6.70. The maximum Gasteiger partial charge on any atom is 0.328 e. The summed E-state index contributed by atoms with van der Waals surface area (Å²) in [5, 5.41) is 2.71. The summed E-state index contributed by atoms with van der Waals surface area (Å²) in [6.45, 7) is 5.61. The highest BCUT2D eigenvalue weighted by molar-refractivity contribution is 9.10. The van der Waals surface area contributed by atoms with Crippen molar-refractivity contribution >= 4 is 27.8 Å². The number of rotatable bonds is 4. The Balaban J connectivity index is 2.94. The Kier molecular flexibility index (Phi) is 5.54. The summed E-state index contributed by atoms with van der Waals surface area (Å²) in [4.78, 5) is 23.8. The van der Waals surface area contributed by atoms with E-state index in [-0.39, 0.29) is 11.8 Å². The summed E-state index contributed by atoms with van der Waals surface area (Å²) in [5.41, 5.74) is 1.47. The Labute approximate surface area is 121 Å². The van der Waals surface area contributed by atoms with Gasteiger partial charge in [0.25, 0.3) is 5.91 Å². The molecule has 1 aromatic carbocycles. The van der Waals surface area contributed by atoms with Gasteiger partial charge < -0.3 is 10.1 Å². The molecule has 0 heterocycles. The summed E-state index contributed by atoms with van der Waals surface area (Å²) in [6.07, 6.45) is 0. The maximum atomic E-state index is 12.2. The molecule has 0 aliphatic rings. The Morgan fingerprint density at radius 1 is 1.32 bits per heavy atom. The van der Waals surface area contributed by atoms with Crippen molar-refractivity contribution in [2.75, 3.05) is 7.11 Å². The van der Waals surface area contributed by atoms with Crippen LogP contribution in [-0.4, -0.2) is 25.0 Å². The van der Waals surface area contributed by atoms with Gasteiger partial charge in [-0.25, -0.2) is 4.79 Å². The number of halogens is 1. The van der Waals surface area contributed by atoms with Gasteiger partial charge >= 0.3 is 5.97 Å². The number of nitrogens with one attached hydrogen (secondary N) is 1. The highest BCUT2D eigenvalue weighted by Gasteiger charge is 2.26. The van der Waals surface area contributed by atoms with Crippen LogP contribution >= 0.6 is 15.9 Å². The van der Waals surface area contributed by atoms with E-state index in [1.807, 2.05) is 26.8 Å². The molecule has 0 fully saturated rings. The van der Waals surface area contributed by atoms with Crippen LogP contribution < -0.4 is 5.32 Å². The molecule has 0 saturated heterocycles. The van der Waals surface area contributed by atoms with Crippen LogP contribution in [0.1, 0.15) is 29.8 Å². The van der Waals surface area contributed by atoms with Gasteiger partial charge in [0.1, 0.15) is 6.04 Å². The number of esters is 1. The van der Waals surface area contributed by atoms with Crippen LogP contribution in [-0.2, 0) is 9.53 Å². The molecule has 1 N–H and O–H groups in total. The molecule has 104 valence electrons. The molecule has 1 unspecified atom stereocenters. The molecule has 4 nitrogen and oxygen atoms in total. The number of aryl methyl sites for hydroxylation is 1. The molecule has 1 atom stereocenters. The van der Waals surface area contributed by atoms with E-state index in [0.717, 1.165) is 10.0 Å². The van der Waals surface area contributed by atoms with Crippen LogP contribution in [0.15, 0.2) is 22.7 Å². The fourth-order valence-electron chi connectivity index (χ4n) is 1.67. The molecule has 0 aromatic heterocycles. The minimum Gasteiger partial charge on any atom is -0.467 e. The largest absolute Gasteiger partial charge is 0.467 e. The first-order chi connectivity index (χ1) is 8.88. The molecule has 1 amide bonds. The molecular weight excluding hydrogens is 310 g/mol. The highest BCUT2D eigenvalue weighted by Crippen LogP contribution is 2.21. The first kappa shape index (κ1) is 15.7. The van der Waals surface area contributed by atoms with Gasteiger partial charge in [0.2, 0.25) is 0 Å². The number of carbonyl (C=O) groups is 2. The number of carbonyl (C=O) groups excluding carboxylic acids is 2. The molecule has 0 bridgehead atoms. The monoisotopic (exact) mass is 327 g/mol. The summed E-state index contributed by atoms with van der Waals surface area (Å²) in [7, 11) is 1.31. The quantitative estimate of drug-likeness (QED) is 0.865. The Hall–Kier alpha value is -1.36. The Morgan fingerprint density at radius 3 is 2.47 bits per heavy atom. The van der Waals surface area contributed by atoms with Crippen LogP contribution in [0.5, 0.6) is 0 Å². The third-order valence-electron chi connectivity index (χ3n) is 2.84. The third kappa shape index (κ3) is 3.80. The molecular formula is C14H18BrNO3. The fraction of sp³-hybridized carbons (Fsp3) is 0.429. The first-order valence-corrected chi connectivity index (χ1v) is 6.81. The highest BCUT2D eigenvalue weighted by atomic mass is 79.9. The fourth-order valence-corrected chi connectivity index (χ4v) is 2.11. The van der Waals surface area contributed by atoms with Gasteiger partial charge in [-0.15, -0.1) is 0 Å². The summed E-state index contributed by atoms with van der Waals surface area (Å²) >= 11 is 3.38.